The van der Waals surface area contributed by atoms with E-state index in [2.05, 4.69) is 17.0 Å². The summed E-state index contributed by atoms with van der Waals surface area (Å²) in [6.45, 7) is 2.79. The van der Waals surface area contributed by atoms with Crippen molar-refractivity contribution in [1.82, 2.24) is 10.0 Å². The minimum atomic E-state index is -3.42. The first-order valence-electron chi connectivity index (χ1n) is 6.99. The van der Waals surface area contributed by atoms with Crippen LogP contribution in [-0.4, -0.2) is 27.9 Å². The summed E-state index contributed by atoms with van der Waals surface area (Å²) >= 11 is 0. The van der Waals surface area contributed by atoms with Crippen molar-refractivity contribution in [2.45, 2.75) is 31.1 Å². The van der Waals surface area contributed by atoms with Crippen molar-refractivity contribution < 1.29 is 13.2 Å². The van der Waals surface area contributed by atoms with E-state index >= 15 is 0 Å². The predicted octanol–water partition coefficient (Wildman–Crippen LogP) is 1.91. The van der Waals surface area contributed by atoms with Crippen molar-refractivity contribution in [3.63, 3.8) is 0 Å². The highest BCUT2D eigenvalue weighted by Crippen LogP contribution is 2.11. The molecule has 0 aromatic heterocycles. The molecule has 0 atom stereocenters. The number of hydrogen-bond acceptors (Lipinski definition) is 3. The van der Waals surface area contributed by atoms with E-state index in [9.17, 15) is 13.2 Å². The number of carbonyl (C=O) groups is 1. The van der Waals surface area contributed by atoms with Crippen LogP contribution in [0.4, 0.5) is 0 Å². The Morgan fingerprint density at radius 2 is 1.86 bits per heavy atom. The fourth-order valence-electron chi connectivity index (χ4n) is 1.69. The third kappa shape index (κ3) is 6.10. The Kier molecular flexibility index (Phi) is 7.11. The molecule has 1 amide bonds. The molecule has 0 saturated heterocycles. The van der Waals surface area contributed by atoms with E-state index in [1.807, 2.05) is 0 Å². The molecule has 1 rings (SSSR count). The van der Waals surface area contributed by atoms with Gasteiger partial charge in [0.05, 0.1) is 4.90 Å². The zero-order valence-corrected chi connectivity index (χ0v) is 13.2. The van der Waals surface area contributed by atoms with Gasteiger partial charge in [-0.1, -0.05) is 31.9 Å². The van der Waals surface area contributed by atoms with Crippen molar-refractivity contribution in [1.29, 1.82) is 0 Å². The second-order valence-electron chi connectivity index (χ2n) is 4.61. The van der Waals surface area contributed by atoms with Gasteiger partial charge in [-0.2, -0.15) is 0 Å². The van der Waals surface area contributed by atoms with Crippen LogP contribution in [0.25, 0.3) is 6.08 Å². The fraction of sp³-hybridized carbons (Fsp3) is 0.400. The smallest absolute Gasteiger partial charge is 0.243 e. The van der Waals surface area contributed by atoms with Crippen molar-refractivity contribution in [2.75, 3.05) is 13.6 Å². The average Bonchev–Trinajstić information content (AvgIpc) is 2.50. The Balaban J connectivity index is 2.55. The fourth-order valence-corrected chi connectivity index (χ4v) is 2.42. The molecule has 0 aliphatic carbocycles. The summed E-state index contributed by atoms with van der Waals surface area (Å²) in [4.78, 5) is 11.7. The molecule has 6 heteroatoms. The maximum Gasteiger partial charge on any atom is 0.243 e. The number of carbonyl (C=O) groups excluding carboxylic acids is 1. The summed E-state index contributed by atoms with van der Waals surface area (Å²) in [5.74, 6) is -0.141. The standard InChI is InChI=1S/C15H22N2O3S/c1-3-4-5-12-17-15(18)11-8-13-6-9-14(10-7-13)21(19,20)16-2/h6-11,16H,3-5,12H2,1-2H3,(H,17,18)/b11-8+. The number of sulfonamides is 1. The summed E-state index contributed by atoms with van der Waals surface area (Å²) < 4.78 is 25.4. The van der Waals surface area contributed by atoms with E-state index in [-0.39, 0.29) is 10.8 Å². The minimum absolute atomic E-state index is 0.141. The number of amides is 1. The van der Waals surface area contributed by atoms with E-state index in [1.54, 1.807) is 18.2 Å². The monoisotopic (exact) mass is 310 g/mol. The van der Waals surface area contributed by atoms with Crippen LogP contribution in [0.5, 0.6) is 0 Å². The second kappa shape index (κ2) is 8.59. The Labute approximate surface area is 126 Å². The molecule has 0 saturated carbocycles. The molecule has 0 fully saturated rings. The summed E-state index contributed by atoms with van der Waals surface area (Å²) in [5, 5.41) is 2.80. The lowest BCUT2D eigenvalue weighted by atomic mass is 10.2. The zero-order valence-electron chi connectivity index (χ0n) is 12.4. The molecule has 2 N–H and O–H groups in total. The van der Waals surface area contributed by atoms with Gasteiger partial charge in [-0.15, -0.1) is 0 Å². The molecular weight excluding hydrogens is 288 g/mol. The lowest BCUT2D eigenvalue weighted by Crippen LogP contribution is -2.21. The lowest BCUT2D eigenvalue weighted by molar-refractivity contribution is -0.116. The van der Waals surface area contributed by atoms with Crippen LogP contribution in [0.1, 0.15) is 31.7 Å². The van der Waals surface area contributed by atoms with Gasteiger partial charge < -0.3 is 5.32 Å². The molecule has 5 nitrogen and oxygen atoms in total. The highest BCUT2D eigenvalue weighted by atomic mass is 32.2. The van der Waals surface area contributed by atoms with Crippen LogP contribution >= 0.6 is 0 Å². The van der Waals surface area contributed by atoms with E-state index in [0.717, 1.165) is 24.8 Å². The highest BCUT2D eigenvalue weighted by Gasteiger charge is 2.09. The average molecular weight is 310 g/mol. The number of unbranched alkanes of at least 4 members (excludes halogenated alkanes) is 2. The summed E-state index contributed by atoms with van der Waals surface area (Å²) in [6.07, 6.45) is 6.31. The van der Waals surface area contributed by atoms with Gasteiger partial charge in [-0.05, 0) is 37.2 Å². The Morgan fingerprint density at radius 3 is 2.43 bits per heavy atom. The maximum absolute atomic E-state index is 11.6. The highest BCUT2D eigenvalue weighted by molar-refractivity contribution is 7.89. The van der Waals surface area contributed by atoms with Gasteiger partial charge in [0.2, 0.25) is 15.9 Å². The lowest BCUT2D eigenvalue weighted by Gasteiger charge is -2.02. The van der Waals surface area contributed by atoms with Crippen LogP contribution in [0, 0.1) is 0 Å². The summed E-state index contributed by atoms with van der Waals surface area (Å²) in [7, 11) is -2.05. The van der Waals surface area contributed by atoms with Gasteiger partial charge in [0.25, 0.3) is 0 Å². The first-order valence-corrected chi connectivity index (χ1v) is 8.47. The van der Waals surface area contributed by atoms with Gasteiger partial charge in [0, 0.05) is 12.6 Å². The Bertz CT molecular complexity index is 577. The van der Waals surface area contributed by atoms with Crippen molar-refractivity contribution in [3.05, 3.63) is 35.9 Å². The normalized spacial score (nSPS) is 11.7. The van der Waals surface area contributed by atoms with Crippen LogP contribution in [0.2, 0.25) is 0 Å². The molecule has 116 valence electrons. The summed E-state index contributed by atoms with van der Waals surface area (Å²) in [6, 6.07) is 6.32. The largest absolute Gasteiger partial charge is 0.353 e. The van der Waals surface area contributed by atoms with E-state index in [4.69, 9.17) is 0 Å². The quantitative estimate of drug-likeness (QED) is 0.569. The van der Waals surface area contributed by atoms with Crippen molar-refractivity contribution >= 4 is 22.0 Å². The van der Waals surface area contributed by atoms with Crippen LogP contribution in [0.15, 0.2) is 35.2 Å². The van der Waals surface area contributed by atoms with E-state index in [1.165, 1.54) is 25.3 Å². The molecule has 0 bridgehead atoms. The van der Waals surface area contributed by atoms with Crippen LogP contribution in [0.3, 0.4) is 0 Å². The van der Waals surface area contributed by atoms with Crippen molar-refractivity contribution in [2.24, 2.45) is 0 Å². The predicted molar refractivity (Wildman–Crippen MR) is 84.3 cm³/mol. The molecule has 0 heterocycles. The first kappa shape index (κ1) is 17.4. The van der Waals surface area contributed by atoms with Crippen molar-refractivity contribution in [3.8, 4) is 0 Å². The number of hydrogen-bond donors (Lipinski definition) is 2. The van der Waals surface area contributed by atoms with Crippen LogP contribution in [-0.2, 0) is 14.8 Å². The molecule has 0 unspecified atom stereocenters. The number of rotatable bonds is 8. The van der Waals surface area contributed by atoms with E-state index in [0.29, 0.717) is 6.54 Å². The number of nitrogens with one attached hydrogen (secondary N) is 2. The molecule has 1 aromatic carbocycles. The molecule has 0 aliphatic heterocycles. The maximum atomic E-state index is 11.6. The molecule has 0 radical (unpaired) electrons. The van der Waals surface area contributed by atoms with Gasteiger partial charge in [0.1, 0.15) is 0 Å². The minimum Gasteiger partial charge on any atom is -0.353 e. The van der Waals surface area contributed by atoms with Gasteiger partial charge in [-0.3, -0.25) is 4.79 Å². The Hall–Kier alpha value is -1.66. The van der Waals surface area contributed by atoms with Gasteiger partial charge >= 0.3 is 0 Å². The van der Waals surface area contributed by atoms with Gasteiger partial charge in [-0.25, -0.2) is 13.1 Å². The molecule has 0 spiro atoms. The van der Waals surface area contributed by atoms with E-state index < -0.39 is 10.0 Å². The van der Waals surface area contributed by atoms with Crippen LogP contribution < -0.4 is 10.0 Å². The van der Waals surface area contributed by atoms with Gasteiger partial charge in [0.15, 0.2) is 0 Å². The third-order valence-corrected chi connectivity index (χ3v) is 4.40. The molecular formula is C15H22N2O3S. The second-order valence-corrected chi connectivity index (χ2v) is 6.49. The third-order valence-electron chi connectivity index (χ3n) is 2.97. The molecule has 21 heavy (non-hydrogen) atoms. The zero-order chi connectivity index (χ0) is 15.7. The molecule has 1 aromatic rings. The summed E-state index contributed by atoms with van der Waals surface area (Å²) in [5.41, 5.74) is 0.772. The SMILES string of the molecule is CCCCCNC(=O)/C=C/c1ccc(S(=O)(=O)NC)cc1. The topological polar surface area (TPSA) is 75.3 Å². The molecule has 0 aliphatic rings. The first-order chi connectivity index (χ1) is 9.99. The Morgan fingerprint density at radius 1 is 1.19 bits per heavy atom. The number of benzene rings is 1.